The quantitative estimate of drug-likeness (QED) is 0.801. The van der Waals surface area contributed by atoms with Crippen molar-refractivity contribution >= 4 is 0 Å². The van der Waals surface area contributed by atoms with Gasteiger partial charge in [0, 0.05) is 5.41 Å². The van der Waals surface area contributed by atoms with Crippen molar-refractivity contribution in [1.82, 2.24) is 0 Å². The molecule has 1 rings (SSSR count). The van der Waals surface area contributed by atoms with Gasteiger partial charge in [0.25, 0.3) is 0 Å². The molecule has 2 nitrogen and oxygen atoms in total. The third-order valence-electron chi connectivity index (χ3n) is 3.49. The Kier molecular flexibility index (Phi) is 4.51. The van der Waals surface area contributed by atoms with Crippen LogP contribution in [0.5, 0.6) is 0 Å². The zero-order valence-corrected chi connectivity index (χ0v) is 10.4. The van der Waals surface area contributed by atoms with E-state index in [2.05, 4.69) is 25.1 Å². The van der Waals surface area contributed by atoms with Crippen LogP contribution in [0.25, 0.3) is 0 Å². The zero-order chi connectivity index (χ0) is 12.2. The first-order chi connectivity index (χ1) is 7.54. The van der Waals surface area contributed by atoms with Crippen molar-refractivity contribution in [2.45, 2.75) is 27.2 Å². The molecule has 0 amide bonds. The molecule has 2 heteroatoms. The number of hydrogen-bond acceptors (Lipinski definition) is 2. The number of aliphatic hydroxyl groups excluding tert-OH is 2. The van der Waals surface area contributed by atoms with Crippen LogP contribution in [0.3, 0.4) is 0 Å². The summed E-state index contributed by atoms with van der Waals surface area (Å²) in [5.74, 6) is 0.253. The SMILES string of the molecule is Cc1cccc(CC(CO)(CO)C(C)C)c1. The van der Waals surface area contributed by atoms with Crippen molar-refractivity contribution in [1.29, 1.82) is 0 Å². The van der Waals surface area contributed by atoms with Gasteiger partial charge in [-0.25, -0.2) is 0 Å². The standard InChI is InChI=1S/C14H22O2/c1-11(2)14(9-15,10-16)8-13-6-4-5-12(3)7-13/h4-7,11,15-16H,8-10H2,1-3H3. The van der Waals surface area contributed by atoms with E-state index in [0.717, 1.165) is 6.42 Å². The third kappa shape index (κ3) is 2.83. The molecule has 0 aliphatic rings. The van der Waals surface area contributed by atoms with Gasteiger partial charge in [-0.3, -0.25) is 0 Å². The summed E-state index contributed by atoms with van der Waals surface area (Å²) in [6, 6.07) is 8.24. The monoisotopic (exact) mass is 222 g/mol. The van der Waals surface area contributed by atoms with Crippen molar-refractivity contribution in [2.75, 3.05) is 13.2 Å². The average Bonchev–Trinajstić information content (AvgIpc) is 2.25. The minimum atomic E-state index is -0.409. The van der Waals surface area contributed by atoms with Crippen LogP contribution in [0.2, 0.25) is 0 Å². The van der Waals surface area contributed by atoms with E-state index in [4.69, 9.17) is 0 Å². The molecule has 0 bridgehead atoms. The van der Waals surface area contributed by atoms with E-state index in [1.54, 1.807) is 0 Å². The molecule has 0 aromatic heterocycles. The highest BCUT2D eigenvalue weighted by Crippen LogP contribution is 2.31. The molecule has 1 aromatic carbocycles. The van der Waals surface area contributed by atoms with Crippen LogP contribution in [0, 0.1) is 18.3 Å². The van der Waals surface area contributed by atoms with Gasteiger partial charge in [-0.2, -0.15) is 0 Å². The average molecular weight is 222 g/mol. The molecule has 0 fully saturated rings. The van der Waals surface area contributed by atoms with Crippen LogP contribution >= 0.6 is 0 Å². The second kappa shape index (κ2) is 5.46. The number of aryl methyl sites for hydroxylation is 1. The molecule has 0 atom stereocenters. The maximum atomic E-state index is 9.52. The normalized spacial score (nSPS) is 12.1. The van der Waals surface area contributed by atoms with Gasteiger partial charge in [-0.1, -0.05) is 43.7 Å². The van der Waals surface area contributed by atoms with Crippen LogP contribution < -0.4 is 0 Å². The number of hydrogen-bond donors (Lipinski definition) is 2. The Hall–Kier alpha value is -0.860. The van der Waals surface area contributed by atoms with Gasteiger partial charge in [0.1, 0.15) is 0 Å². The molecule has 0 aliphatic heterocycles. The molecule has 0 heterocycles. The van der Waals surface area contributed by atoms with Gasteiger partial charge in [0.05, 0.1) is 13.2 Å². The lowest BCUT2D eigenvalue weighted by atomic mass is 9.74. The molecular weight excluding hydrogens is 200 g/mol. The van der Waals surface area contributed by atoms with Crippen molar-refractivity contribution in [3.8, 4) is 0 Å². The summed E-state index contributed by atoms with van der Waals surface area (Å²) < 4.78 is 0. The lowest BCUT2D eigenvalue weighted by molar-refractivity contribution is 0.0163. The second-order valence-electron chi connectivity index (χ2n) is 5.00. The van der Waals surface area contributed by atoms with E-state index in [1.807, 2.05) is 19.9 Å². The molecule has 16 heavy (non-hydrogen) atoms. The number of rotatable bonds is 5. The fraction of sp³-hybridized carbons (Fsp3) is 0.571. The molecule has 1 aromatic rings. The Morgan fingerprint density at radius 2 is 1.81 bits per heavy atom. The Morgan fingerprint density at radius 3 is 2.25 bits per heavy atom. The van der Waals surface area contributed by atoms with Crippen LogP contribution in [-0.4, -0.2) is 23.4 Å². The smallest absolute Gasteiger partial charge is 0.0515 e. The third-order valence-corrected chi connectivity index (χ3v) is 3.49. The van der Waals surface area contributed by atoms with Gasteiger partial charge in [-0.05, 0) is 24.8 Å². The van der Waals surface area contributed by atoms with E-state index < -0.39 is 5.41 Å². The van der Waals surface area contributed by atoms with E-state index >= 15 is 0 Å². The fourth-order valence-corrected chi connectivity index (χ4v) is 1.96. The first kappa shape index (κ1) is 13.2. The lowest BCUT2D eigenvalue weighted by Crippen LogP contribution is -2.37. The highest BCUT2D eigenvalue weighted by atomic mass is 16.3. The van der Waals surface area contributed by atoms with Crippen molar-refractivity contribution in [3.05, 3.63) is 35.4 Å². The molecule has 0 saturated heterocycles. The summed E-state index contributed by atoms with van der Waals surface area (Å²) in [7, 11) is 0. The summed E-state index contributed by atoms with van der Waals surface area (Å²) in [5, 5.41) is 19.0. The van der Waals surface area contributed by atoms with Crippen LogP contribution in [0.4, 0.5) is 0 Å². The maximum Gasteiger partial charge on any atom is 0.0515 e. The molecule has 2 N–H and O–H groups in total. The first-order valence-corrected chi connectivity index (χ1v) is 5.81. The highest BCUT2D eigenvalue weighted by molar-refractivity contribution is 5.23. The fourth-order valence-electron chi connectivity index (χ4n) is 1.96. The van der Waals surface area contributed by atoms with Gasteiger partial charge in [0.15, 0.2) is 0 Å². The summed E-state index contributed by atoms with van der Waals surface area (Å²) >= 11 is 0. The molecule has 0 saturated carbocycles. The molecule has 90 valence electrons. The predicted octanol–water partition coefficient (Wildman–Crippen LogP) is 2.16. The molecule has 0 unspecified atom stereocenters. The topological polar surface area (TPSA) is 40.5 Å². The Labute approximate surface area is 97.9 Å². The number of aliphatic hydroxyl groups is 2. The van der Waals surface area contributed by atoms with E-state index in [9.17, 15) is 10.2 Å². The molecule has 0 spiro atoms. The van der Waals surface area contributed by atoms with E-state index in [-0.39, 0.29) is 19.1 Å². The Bertz CT molecular complexity index is 327. The highest BCUT2D eigenvalue weighted by Gasteiger charge is 2.32. The van der Waals surface area contributed by atoms with Crippen LogP contribution in [0.15, 0.2) is 24.3 Å². The summed E-state index contributed by atoms with van der Waals surface area (Å²) in [6.07, 6.45) is 0.722. The molecule has 0 aliphatic carbocycles. The maximum absolute atomic E-state index is 9.52. The van der Waals surface area contributed by atoms with E-state index in [1.165, 1.54) is 11.1 Å². The largest absolute Gasteiger partial charge is 0.396 e. The summed E-state index contributed by atoms with van der Waals surface area (Å²) in [5.41, 5.74) is 1.98. The Morgan fingerprint density at radius 1 is 1.19 bits per heavy atom. The minimum Gasteiger partial charge on any atom is -0.396 e. The van der Waals surface area contributed by atoms with Gasteiger partial charge >= 0.3 is 0 Å². The van der Waals surface area contributed by atoms with Crippen molar-refractivity contribution < 1.29 is 10.2 Å². The predicted molar refractivity (Wildman–Crippen MR) is 66.3 cm³/mol. The first-order valence-electron chi connectivity index (χ1n) is 5.81. The minimum absolute atomic E-state index is 0.0229. The molecular formula is C14H22O2. The van der Waals surface area contributed by atoms with Crippen molar-refractivity contribution in [3.63, 3.8) is 0 Å². The van der Waals surface area contributed by atoms with Crippen LogP contribution in [0.1, 0.15) is 25.0 Å². The van der Waals surface area contributed by atoms with Gasteiger partial charge in [-0.15, -0.1) is 0 Å². The Balaban J connectivity index is 2.91. The summed E-state index contributed by atoms with van der Waals surface area (Å²) in [6.45, 7) is 6.19. The van der Waals surface area contributed by atoms with E-state index in [0.29, 0.717) is 0 Å². The second-order valence-corrected chi connectivity index (χ2v) is 5.00. The van der Waals surface area contributed by atoms with Crippen LogP contribution in [-0.2, 0) is 6.42 Å². The van der Waals surface area contributed by atoms with Crippen molar-refractivity contribution in [2.24, 2.45) is 11.3 Å². The van der Waals surface area contributed by atoms with Gasteiger partial charge < -0.3 is 10.2 Å². The van der Waals surface area contributed by atoms with Gasteiger partial charge in [0.2, 0.25) is 0 Å². The zero-order valence-electron chi connectivity index (χ0n) is 10.4. The summed E-state index contributed by atoms with van der Waals surface area (Å²) in [4.78, 5) is 0. The molecule has 0 radical (unpaired) electrons. The lowest BCUT2D eigenvalue weighted by Gasteiger charge is -2.34. The number of benzene rings is 1.